The quantitative estimate of drug-likeness (QED) is 0.202. The summed E-state index contributed by atoms with van der Waals surface area (Å²) >= 11 is 0. The standard InChI is InChI=1S/C34H24N2O5/c1-39-33(37)27-19-31(21-9-5-3-6-10-21)35-29-15-13-23(17-25(27)29)41-24-14-16-30-26(18-24)28(34(38)40-2)20-32(36-30)22-11-7-4-8-12-22/h3-20H,1-2H3. The largest absolute Gasteiger partial charge is 0.465 e. The zero-order valence-corrected chi connectivity index (χ0v) is 22.3. The van der Waals surface area contributed by atoms with Crippen LogP contribution >= 0.6 is 0 Å². The summed E-state index contributed by atoms with van der Waals surface area (Å²) in [4.78, 5) is 35.0. The molecule has 7 heteroatoms. The Bertz CT molecular complexity index is 1780. The van der Waals surface area contributed by atoms with Gasteiger partial charge in [0.2, 0.25) is 0 Å². The number of hydrogen-bond acceptors (Lipinski definition) is 7. The predicted molar refractivity (Wildman–Crippen MR) is 157 cm³/mol. The lowest BCUT2D eigenvalue weighted by Gasteiger charge is -2.13. The second kappa shape index (κ2) is 10.9. The number of methoxy groups -OCH3 is 2. The van der Waals surface area contributed by atoms with Gasteiger partial charge in [0.05, 0.1) is 47.8 Å². The summed E-state index contributed by atoms with van der Waals surface area (Å²) in [5, 5.41) is 1.19. The normalized spacial score (nSPS) is 10.9. The Morgan fingerprint density at radius 2 is 0.951 bits per heavy atom. The van der Waals surface area contributed by atoms with E-state index in [0.717, 1.165) is 11.1 Å². The Kier molecular flexibility index (Phi) is 6.83. The fourth-order valence-corrected chi connectivity index (χ4v) is 4.74. The van der Waals surface area contributed by atoms with E-state index >= 15 is 0 Å². The van der Waals surface area contributed by atoms with E-state index in [2.05, 4.69) is 0 Å². The molecule has 0 spiro atoms. The molecule has 0 saturated carbocycles. The first kappa shape index (κ1) is 25.7. The van der Waals surface area contributed by atoms with Gasteiger partial charge in [-0.05, 0) is 48.5 Å². The average Bonchev–Trinajstić information content (AvgIpc) is 3.03. The molecule has 2 heterocycles. The molecule has 0 aliphatic rings. The Morgan fingerprint density at radius 1 is 0.537 bits per heavy atom. The van der Waals surface area contributed by atoms with Crippen LogP contribution in [0.2, 0.25) is 0 Å². The van der Waals surface area contributed by atoms with Crippen LogP contribution in [-0.4, -0.2) is 36.1 Å². The summed E-state index contributed by atoms with van der Waals surface area (Å²) in [5.74, 6) is 0.0374. The first-order chi connectivity index (χ1) is 20.0. The van der Waals surface area contributed by atoms with E-state index in [9.17, 15) is 9.59 Å². The molecule has 41 heavy (non-hydrogen) atoms. The molecule has 0 amide bonds. The third-order valence-corrected chi connectivity index (χ3v) is 6.75. The molecule has 0 radical (unpaired) electrons. The van der Waals surface area contributed by atoms with Crippen LogP contribution in [0.25, 0.3) is 44.3 Å². The maximum absolute atomic E-state index is 12.7. The van der Waals surface area contributed by atoms with Crippen molar-refractivity contribution < 1.29 is 23.8 Å². The van der Waals surface area contributed by atoms with E-state index in [4.69, 9.17) is 24.2 Å². The molecular formula is C34H24N2O5. The van der Waals surface area contributed by atoms with Crippen molar-refractivity contribution in [2.24, 2.45) is 0 Å². The Balaban J connectivity index is 1.41. The van der Waals surface area contributed by atoms with Crippen LogP contribution in [0.5, 0.6) is 11.5 Å². The molecule has 0 fully saturated rings. The highest BCUT2D eigenvalue weighted by molar-refractivity contribution is 6.06. The number of carbonyl (C=O) groups excluding carboxylic acids is 2. The molecule has 0 aliphatic heterocycles. The fraction of sp³-hybridized carbons (Fsp3) is 0.0588. The topological polar surface area (TPSA) is 87.6 Å². The Morgan fingerprint density at radius 3 is 1.34 bits per heavy atom. The van der Waals surface area contributed by atoms with E-state index < -0.39 is 11.9 Å². The average molecular weight is 541 g/mol. The van der Waals surface area contributed by atoms with Gasteiger partial charge in [-0.2, -0.15) is 0 Å². The maximum atomic E-state index is 12.7. The molecule has 7 nitrogen and oxygen atoms in total. The SMILES string of the molecule is COC(=O)c1cc(-c2ccccc2)nc2ccc(Oc3ccc4nc(-c5ccccc5)cc(C(=O)OC)c4c3)cc12. The molecule has 0 aliphatic carbocycles. The van der Waals surface area contributed by atoms with Crippen molar-refractivity contribution >= 4 is 33.7 Å². The highest BCUT2D eigenvalue weighted by atomic mass is 16.5. The zero-order chi connectivity index (χ0) is 28.3. The van der Waals surface area contributed by atoms with Gasteiger partial charge < -0.3 is 14.2 Å². The van der Waals surface area contributed by atoms with Gasteiger partial charge in [-0.1, -0.05) is 60.7 Å². The van der Waals surface area contributed by atoms with Crippen LogP contribution < -0.4 is 4.74 Å². The van der Waals surface area contributed by atoms with E-state index in [1.807, 2.05) is 60.7 Å². The van der Waals surface area contributed by atoms with E-state index in [0.29, 0.717) is 55.8 Å². The molecular weight excluding hydrogens is 516 g/mol. The number of fused-ring (bicyclic) bond motifs is 2. The van der Waals surface area contributed by atoms with Gasteiger partial charge in [-0.15, -0.1) is 0 Å². The molecule has 0 saturated heterocycles. The minimum absolute atomic E-state index is 0.380. The van der Waals surface area contributed by atoms with Crippen molar-refractivity contribution in [2.45, 2.75) is 0 Å². The Labute approximate surface area is 236 Å². The summed E-state index contributed by atoms with van der Waals surface area (Å²) in [5.41, 5.74) is 5.13. The van der Waals surface area contributed by atoms with Gasteiger partial charge in [-0.25, -0.2) is 19.6 Å². The molecule has 6 aromatic rings. The number of nitrogens with zero attached hydrogens (tertiary/aromatic N) is 2. The lowest BCUT2D eigenvalue weighted by atomic mass is 10.0. The second-order valence-corrected chi connectivity index (χ2v) is 9.29. The van der Waals surface area contributed by atoms with E-state index in [1.165, 1.54) is 14.2 Å². The van der Waals surface area contributed by atoms with Crippen LogP contribution in [0.3, 0.4) is 0 Å². The first-order valence-corrected chi connectivity index (χ1v) is 12.9. The number of hydrogen-bond donors (Lipinski definition) is 0. The predicted octanol–water partition coefficient (Wildman–Crippen LogP) is 7.48. The van der Waals surface area contributed by atoms with Crippen molar-refractivity contribution in [3.63, 3.8) is 0 Å². The molecule has 0 atom stereocenters. The van der Waals surface area contributed by atoms with E-state index in [1.54, 1.807) is 48.5 Å². The monoisotopic (exact) mass is 540 g/mol. The van der Waals surface area contributed by atoms with Gasteiger partial charge in [0.15, 0.2) is 0 Å². The summed E-state index contributed by atoms with van der Waals surface area (Å²) < 4.78 is 16.3. The number of benzene rings is 4. The van der Waals surface area contributed by atoms with Gasteiger partial charge in [0.25, 0.3) is 0 Å². The third-order valence-electron chi connectivity index (χ3n) is 6.75. The van der Waals surface area contributed by atoms with Crippen LogP contribution in [0.1, 0.15) is 20.7 Å². The number of ether oxygens (including phenoxy) is 3. The summed E-state index contributed by atoms with van der Waals surface area (Å²) in [6.07, 6.45) is 0. The van der Waals surface area contributed by atoms with Crippen molar-refractivity contribution in [1.82, 2.24) is 9.97 Å². The molecule has 200 valence electrons. The molecule has 0 bridgehead atoms. The highest BCUT2D eigenvalue weighted by Gasteiger charge is 2.18. The molecule has 0 unspecified atom stereocenters. The van der Waals surface area contributed by atoms with Crippen molar-refractivity contribution in [2.75, 3.05) is 14.2 Å². The van der Waals surface area contributed by atoms with Crippen molar-refractivity contribution in [3.05, 3.63) is 120 Å². The number of esters is 2. The van der Waals surface area contributed by atoms with Crippen molar-refractivity contribution in [3.8, 4) is 34.0 Å². The van der Waals surface area contributed by atoms with Crippen molar-refractivity contribution in [1.29, 1.82) is 0 Å². The first-order valence-electron chi connectivity index (χ1n) is 12.9. The summed E-state index contributed by atoms with van der Waals surface area (Å²) in [7, 11) is 2.70. The molecule has 6 rings (SSSR count). The Hall–Kier alpha value is -5.56. The van der Waals surface area contributed by atoms with Crippen LogP contribution in [0.4, 0.5) is 0 Å². The van der Waals surface area contributed by atoms with Crippen LogP contribution in [0.15, 0.2) is 109 Å². The van der Waals surface area contributed by atoms with Gasteiger partial charge in [0, 0.05) is 21.9 Å². The van der Waals surface area contributed by atoms with Crippen LogP contribution in [-0.2, 0) is 9.47 Å². The van der Waals surface area contributed by atoms with Gasteiger partial charge in [0.1, 0.15) is 11.5 Å². The lowest BCUT2D eigenvalue weighted by molar-refractivity contribution is 0.0594. The van der Waals surface area contributed by atoms with E-state index in [-0.39, 0.29) is 0 Å². The maximum Gasteiger partial charge on any atom is 0.338 e. The molecule has 4 aromatic carbocycles. The third kappa shape index (κ3) is 5.08. The minimum atomic E-state index is -0.472. The highest BCUT2D eigenvalue weighted by Crippen LogP contribution is 2.33. The summed E-state index contributed by atoms with van der Waals surface area (Å²) in [6.45, 7) is 0. The molecule has 0 N–H and O–H groups in total. The van der Waals surface area contributed by atoms with Crippen LogP contribution in [0, 0.1) is 0 Å². The number of carbonyl (C=O) groups is 2. The lowest BCUT2D eigenvalue weighted by Crippen LogP contribution is -2.04. The smallest absolute Gasteiger partial charge is 0.338 e. The second-order valence-electron chi connectivity index (χ2n) is 9.29. The minimum Gasteiger partial charge on any atom is -0.465 e. The van der Waals surface area contributed by atoms with Gasteiger partial charge in [-0.3, -0.25) is 0 Å². The molecule has 2 aromatic heterocycles. The fourth-order valence-electron chi connectivity index (χ4n) is 4.74. The number of aromatic nitrogens is 2. The van der Waals surface area contributed by atoms with Gasteiger partial charge >= 0.3 is 11.9 Å². The number of pyridine rings is 2. The zero-order valence-electron chi connectivity index (χ0n) is 22.3. The summed E-state index contributed by atoms with van der Waals surface area (Å²) in [6, 6.07) is 33.4. The number of rotatable bonds is 6.